The van der Waals surface area contributed by atoms with Gasteiger partial charge in [-0.2, -0.15) is 0 Å². The van der Waals surface area contributed by atoms with Crippen LogP contribution in [0.15, 0.2) is 23.3 Å². The van der Waals surface area contributed by atoms with E-state index in [9.17, 15) is 9.59 Å². The van der Waals surface area contributed by atoms with E-state index in [0.29, 0.717) is 28.0 Å². The van der Waals surface area contributed by atoms with E-state index in [1.54, 1.807) is 18.7 Å². The molecule has 4 rings (SSSR count). The van der Waals surface area contributed by atoms with Gasteiger partial charge in [-0.1, -0.05) is 22.9 Å². The number of rotatable bonds is 7. The van der Waals surface area contributed by atoms with Crippen molar-refractivity contribution in [1.29, 1.82) is 0 Å². The number of carbonyl (C=O) groups is 1. The zero-order valence-electron chi connectivity index (χ0n) is 19.1. The summed E-state index contributed by atoms with van der Waals surface area (Å²) in [6, 6.07) is 3.78. The number of benzene rings is 1. The molecule has 0 spiro atoms. The van der Waals surface area contributed by atoms with Crippen LogP contribution < -0.4 is 10.5 Å². The quantitative estimate of drug-likeness (QED) is 0.507. The Bertz CT molecular complexity index is 1220. The third-order valence-corrected chi connectivity index (χ3v) is 7.50. The number of aryl methyl sites for hydroxylation is 2. The van der Waals surface area contributed by atoms with Gasteiger partial charge in [0.25, 0.3) is 5.56 Å². The Kier molecular flexibility index (Phi) is 7.43. The van der Waals surface area contributed by atoms with Gasteiger partial charge < -0.3 is 4.74 Å². The summed E-state index contributed by atoms with van der Waals surface area (Å²) in [6.07, 6.45) is 2.23. The molecule has 0 aliphatic carbocycles. The van der Waals surface area contributed by atoms with E-state index in [0.717, 1.165) is 55.0 Å². The maximum absolute atomic E-state index is 13.4. The lowest BCUT2D eigenvalue weighted by atomic mass is 10.2. The average molecular weight is 490 g/mol. The maximum atomic E-state index is 13.4. The van der Waals surface area contributed by atoms with Gasteiger partial charge in [0.1, 0.15) is 6.54 Å². The van der Waals surface area contributed by atoms with Gasteiger partial charge in [0.15, 0.2) is 5.13 Å². The molecule has 3 aromatic rings. The van der Waals surface area contributed by atoms with Crippen LogP contribution in [0.25, 0.3) is 10.2 Å². The number of aromatic nitrogens is 3. The summed E-state index contributed by atoms with van der Waals surface area (Å²) in [5.41, 5.74) is 2.72. The predicted octanol–water partition coefficient (Wildman–Crippen LogP) is 3.19. The molecule has 2 aromatic heterocycles. The number of hydrogen-bond donors (Lipinski definition) is 0. The molecule has 0 atom stereocenters. The zero-order valence-corrected chi connectivity index (χ0v) is 20.7. The van der Waals surface area contributed by atoms with Crippen molar-refractivity contribution in [3.8, 4) is 0 Å². The fourth-order valence-electron chi connectivity index (χ4n) is 3.83. The van der Waals surface area contributed by atoms with Crippen LogP contribution in [-0.2, 0) is 16.1 Å². The van der Waals surface area contributed by atoms with E-state index in [1.807, 2.05) is 19.1 Å². The summed E-state index contributed by atoms with van der Waals surface area (Å²) in [5.74, 6) is -0.188. The van der Waals surface area contributed by atoms with E-state index >= 15 is 0 Å². The first-order chi connectivity index (χ1) is 15.8. The maximum Gasteiger partial charge on any atom is 0.256 e. The smallest absolute Gasteiger partial charge is 0.256 e. The Morgan fingerprint density at radius 3 is 2.73 bits per heavy atom. The van der Waals surface area contributed by atoms with Gasteiger partial charge in [-0.3, -0.25) is 24.0 Å². The minimum absolute atomic E-state index is 0.0832. The Hall–Kier alpha value is -2.33. The van der Waals surface area contributed by atoms with Crippen molar-refractivity contribution in [1.82, 2.24) is 19.4 Å². The molecule has 0 saturated carbocycles. The van der Waals surface area contributed by atoms with Crippen molar-refractivity contribution in [3.63, 3.8) is 0 Å². The van der Waals surface area contributed by atoms with Crippen LogP contribution in [0.1, 0.15) is 23.2 Å². The van der Waals surface area contributed by atoms with Crippen LogP contribution in [0, 0.1) is 20.8 Å². The lowest BCUT2D eigenvalue weighted by molar-refractivity contribution is -0.119. The van der Waals surface area contributed by atoms with Crippen LogP contribution in [0.3, 0.4) is 0 Å². The third kappa shape index (κ3) is 5.27. The molecule has 1 aromatic carbocycles. The Morgan fingerprint density at radius 1 is 1.21 bits per heavy atom. The van der Waals surface area contributed by atoms with Crippen LogP contribution in [0.5, 0.6) is 0 Å². The molecule has 0 bridgehead atoms. The first-order valence-corrected chi connectivity index (χ1v) is 12.2. The minimum atomic E-state index is -0.198. The lowest BCUT2D eigenvalue weighted by Crippen LogP contribution is -2.41. The van der Waals surface area contributed by atoms with Gasteiger partial charge in [-0.05, 0) is 44.9 Å². The number of anilines is 1. The molecule has 1 amide bonds. The van der Waals surface area contributed by atoms with Gasteiger partial charge >= 0.3 is 0 Å². The summed E-state index contributed by atoms with van der Waals surface area (Å²) < 4.78 is 7.77. The van der Waals surface area contributed by atoms with Crippen molar-refractivity contribution in [3.05, 3.63) is 50.7 Å². The predicted molar refractivity (Wildman–Crippen MR) is 132 cm³/mol. The van der Waals surface area contributed by atoms with Crippen LogP contribution in [0.2, 0.25) is 5.02 Å². The molecule has 1 fully saturated rings. The molecule has 8 nitrogen and oxygen atoms in total. The first kappa shape index (κ1) is 23.8. The number of thiazole rings is 1. The summed E-state index contributed by atoms with van der Waals surface area (Å²) in [7, 11) is 0. The normalized spacial score (nSPS) is 14.7. The number of nitrogens with zero attached hydrogens (tertiary/aromatic N) is 5. The summed E-state index contributed by atoms with van der Waals surface area (Å²) in [4.78, 5) is 39.1. The van der Waals surface area contributed by atoms with Crippen molar-refractivity contribution < 1.29 is 9.53 Å². The highest BCUT2D eigenvalue weighted by Gasteiger charge is 2.22. The highest BCUT2D eigenvalue weighted by atomic mass is 35.5. The molecule has 1 saturated heterocycles. The van der Waals surface area contributed by atoms with E-state index in [2.05, 4.69) is 9.88 Å². The SMILES string of the molecule is Cc1ncn(CC(=O)N(CCCN2CCOCC2)c2nc3c(C)c(Cl)ccc3s2)c(=O)c1C. The van der Waals surface area contributed by atoms with Gasteiger partial charge in [-0.15, -0.1) is 0 Å². The number of halogens is 1. The number of carbonyl (C=O) groups excluding carboxylic acids is 1. The Labute approximate surface area is 201 Å². The van der Waals surface area contributed by atoms with Crippen molar-refractivity contribution in [2.24, 2.45) is 0 Å². The second-order valence-electron chi connectivity index (χ2n) is 8.26. The number of ether oxygens (including phenoxy) is 1. The van der Waals surface area contributed by atoms with Gasteiger partial charge in [-0.25, -0.2) is 9.97 Å². The monoisotopic (exact) mass is 489 g/mol. The number of fused-ring (bicyclic) bond motifs is 1. The minimum Gasteiger partial charge on any atom is -0.379 e. The standard InChI is InChI=1S/C23H28ClN5O3S/c1-15-17(3)25-14-28(22(15)31)13-20(30)29(8-4-7-27-9-11-32-12-10-27)23-26-21-16(2)18(24)5-6-19(21)33-23/h5-6,14H,4,7-13H2,1-3H3. The van der Waals surface area contributed by atoms with E-state index < -0.39 is 0 Å². The molecule has 10 heteroatoms. The molecule has 0 radical (unpaired) electrons. The Balaban J connectivity index is 1.59. The van der Waals surface area contributed by atoms with E-state index in [4.69, 9.17) is 21.3 Å². The van der Waals surface area contributed by atoms with Crippen LogP contribution >= 0.6 is 22.9 Å². The van der Waals surface area contributed by atoms with E-state index in [1.165, 1.54) is 22.2 Å². The second-order valence-corrected chi connectivity index (χ2v) is 9.67. The first-order valence-electron chi connectivity index (χ1n) is 11.0. The molecule has 1 aliphatic rings. The highest BCUT2D eigenvalue weighted by molar-refractivity contribution is 7.22. The molecule has 3 heterocycles. The molecule has 0 N–H and O–H groups in total. The zero-order chi connectivity index (χ0) is 23.5. The fraction of sp³-hybridized carbons (Fsp3) is 0.478. The summed E-state index contributed by atoms with van der Waals surface area (Å²) in [6.45, 7) is 10.0. The van der Waals surface area contributed by atoms with Gasteiger partial charge in [0.05, 0.1) is 29.8 Å². The average Bonchev–Trinajstić information content (AvgIpc) is 3.25. The van der Waals surface area contributed by atoms with Gasteiger partial charge in [0, 0.05) is 42.5 Å². The largest absolute Gasteiger partial charge is 0.379 e. The number of hydrogen-bond acceptors (Lipinski definition) is 7. The fourth-order valence-corrected chi connectivity index (χ4v) is 5.05. The third-order valence-electron chi connectivity index (χ3n) is 6.05. The van der Waals surface area contributed by atoms with Crippen LogP contribution in [0.4, 0.5) is 5.13 Å². The Morgan fingerprint density at radius 2 is 1.97 bits per heavy atom. The van der Waals surface area contributed by atoms with Crippen molar-refractivity contribution >= 4 is 44.2 Å². The van der Waals surface area contributed by atoms with Crippen molar-refractivity contribution in [2.45, 2.75) is 33.7 Å². The summed E-state index contributed by atoms with van der Waals surface area (Å²) in [5, 5.41) is 1.27. The molecule has 176 valence electrons. The second kappa shape index (κ2) is 10.3. The molecule has 0 unspecified atom stereocenters. The van der Waals surface area contributed by atoms with E-state index in [-0.39, 0.29) is 18.0 Å². The van der Waals surface area contributed by atoms with Gasteiger partial charge in [0.2, 0.25) is 5.91 Å². The molecule has 1 aliphatic heterocycles. The molecular weight excluding hydrogens is 462 g/mol. The van der Waals surface area contributed by atoms with Crippen LogP contribution in [-0.4, -0.2) is 64.7 Å². The number of amides is 1. The van der Waals surface area contributed by atoms with Crippen molar-refractivity contribution in [2.75, 3.05) is 44.3 Å². The number of morpholine rings is 1. The molecular formula is C23H28ClN5O3S. The highest BCUT2D eigenvalue weighted by Crippen LogP contribution is 2.33. The molecule has 33 heavy (non-hydrogen) atoms. The topological polar surface area (TPSA) is 80.6 Å². The summed E-state index contributed by atoms with van der Waals surface area (Å²) >= 11 is 7.75. The lowest BCUT2D eigenvalue weighted by Gasteiger charge is -2.27.